The molecule has 3 saturated heterocycles. The lowest BCUT2D eigenvalue weighted by Crippen LogP contribution is -2.53. The Kier molecular flexibility index (Phi) is 5.49. The average Bonchev–Trinajstić information content (AvgIpc) is 2.57. The van der Waals surface area contributed by atoms with Gasteiger partial charge in [0.25, 0.3) is 0 Å². The highest BCUT2D eigenvalue weighted by Gasteiger charge is 2.28. The van der Waals surface area contributed by atoms with Crippen LogP contribution in [-0.2, 0) is 9.53 Å². The van der Waals surface area contributed by atoms with Gasteiger partial charge in [0.2, 0.25) is 5.91 Å². The fourth-order valence-electron chi connectivity index (χ4n) is 3.85. The smallest absolute Gasteiger partial charge is 0.222 e. The minimum atomic E-state index is 0.383. The van der Waals surface area contributed by atoms with Gasteiger partial charge in [-0.2, -0.15) is 0 Å². The largest absolute Gasteiger partial charge is 0.381 e. The van der Waals surface area contributed by atoms with Crippen LogP contribution in [0, 0.1) is 5.92 Å². The number of piperidine rings is 1. The molecule has 0 spiro atoms. The third-order valence-corrected chi connectivity index (χ3v) is 5.30. The van der Waals surface area contributed by atoms with Crippen LogP contribution >= 0.6 is 0 Å². The van der Waals surface area contributed by atoms with E-state index in [1.807, 2.05) is 0 Å². The molecule has 3 rings (SSSR count). The zero-order chi connectivity index (χ0) is 14.5. The van der Waals surface area contributed by atoms with Crippen molar-refractivity contribution >= 4 is 5.91 Å². The Hall–Kier alpha value is -0.650. The van der Waals surface area contributed by atoms with Crippen molar-refractivity contribution in [2.75, 3.05) is 52.5 Å². The molecule has 3 aliphatic rings. The zero-order valence-corrected chi connectivity index (χ0v) is 13.1. The molecule has 5 heteroatoms. The normalized spacial score (nSPS) is 27.0. The van der Waals surface area contributed by atoms with Crippen LogP contribution in [0.1, 0.15) is 32.1 Å². The fourth-order valence-corrected chi connectivity index (χ4v) is 3.85. The summed E-state index contributed by atoms with van der Waals surface area (Å²) in [5, 5.41) is 3.37. The Balaban J connectivity index is 1.40. The Morgan fingerprint density at radius 2 is 1.67 bits per heavy atom. The highest BCUT2D eigenvalue weighted by molar-refractivity contribution is 5.76. The molecule has 0 atom stereocenters. The van der Waals surface area contributed by atoms with Gasteiger partial charge in [0.1, 0.15) is 0 Å². The molecular formula is C16H29N3O2. The summed E-state index contributed by atoms with van der Waals surface area (Å²) in [5.74, 6) is 0.987. The Bertz CT molecular complexity index is 330. The average molecular weight is 295 g/mol. The maximum absolute atomic E-state index is 12.4. The molecule has 0 unspecified atom stereocenters. The molecule has 1 N–H and O–H groups in total. The summed E-state index contributed by atoms with van der Waals surface area (Å²) in [5.41, 5.74) is 0. The summed E-state index contributed by atoms with van der Waals surface area (Å²) >= 11 is 0. The summed E-state index contributed by atoms with van der Waals surface area (Å²) in [6.07, 6.45) is 5.40. The Morgan fingerprint density at radius 3 is 2.33 bits per heavy atom. The molecule has 0 aromatic carbocycles. The number of carbonyl (C=O) groups is 1. The first-order valence-corrected chi connectivity index (χ1v) is 8.63. The van der Waals surface area contributed by atoms with Crippen LogP contribution in [0.2, 0.25) is 0 Å². The van der Waals surface area contributed by atoms with Gasteiger partial charge < -0.3 is 15.0 Å². The zero-order valence-electron chi connectivity index (χ0n) is 13.1. The fraction of sp³-hybridized carbons (Fsp3) is 0.938. The molecule has 0 aliphatic carbocycles. The van der Waals surface area contributed by atoms with Crippen LogP contribution in [0.25, 0.3) is 0 Å². The Morgan fingerprint density at radius 1 is 1.00 bits per heavy atom. The lowest BCUT2D eigenvalue weighted by atomic mass is 9.94. The first-order chi connectivity index (χ1) is 10.3. The first-order valence-electron chi connectivity index (χ1n) is 8.63. The van der Waals surface area contributed by atoms with Crippen LogP contribution in [0.5, 0.6) is 0 Å². The van der Waals surface area contributed by atoms with Crippen molar-refractivity contribution in [2.24, 2.45) is 5.92 Å². The molecule has 3 heterocycles. The summed E-state index contributed by atoms with van der Waals surface area (Å²) in [4.78, 5) is 17.1. The number of ether oxygens (including phenoxy) is 1. The second-order valence-electron chi connectivity index (χ2n) is 6.66. The van der Waals surface area contributed by atoms with Crippen LogP contribution in [0.15, 0.2) is 0 Å². The van der Waals surface area contributed by atoms with E-state index < -0.39 is 0 Å². The quantitative estimate of drug-likeness (QED) is 0.832. The van der Waals surface area contributed by atoms with Gasteiger partial charge in [0.05, 0.1) is 0 Å². The van der Waals surface area contributed by atoms with Crippen molar-refractivity contribution in [1.29, 1.82) is 0 Å². The van der Waals surface area contributed by atoms with Crippen LogP contribution < -0.4 is 5.32 Å². The second kappa shape index (κ2) is 7.56. The van der Waals surface area contributed by atoms with Gasteiger partial charge >= 0.3 is 0 Å². The van der Waals surface area contributed by atoms with Crippen molar-refractivity contribution in [3.8, 4) is 0 Å². The molecule has 3 aliphatic heterocycles. The standard InChI is InChI=1S/C16H29N3O2/c20-16(13-14-1-5-17-6-2-14)19-9-7-18(8-10-19)15-3-11-21-12-4-15/h14-15,17H,1-13H2. The predicted octanol–water partition coefficient (Wildman–Crippen LogP) is 0.699. The van der Waals surface area contributed by atoms with Gasteiger partial charge in [-0.25, -0.2) is 0 Å². The molecule has 5 nitrogen and oxygen atoms in total. The van der Waals surface area contributed by atoms with Crippen LogP contribution in [-0.4, -0.2) is 74.2 Å². The molecular weight excluding hydrogens is 266 g/mol. The minimum Gasteiger partial charge on any atom is -0.381 e. The molecule has 1 amide bonds. The highest BCUT2D eigenvalue weighted by Crippen LogP contribution is 2.20. The minimum absolute atomic E-state index is 0.383. The number of nitrogens with one attached hydrogen (secondary N) is 1. The van der Waals surface area contributed by atoms with Crippen molar-refractivity contribution in [1.82, 2.24) is 15.1 Å². The van der Waals surface area contributed by atoms with Gasteiger partial charge in [0.15, 0.2) is 0 Å². The van der Waals surface area contributed by atoms with Crippen LogP contribution in [0.4, 0.5) is 0 Å². The molecule has 120 valence electrons. The lowest BCUT2D eigenvalue weighted by molar-refractivity contribution is -0.134. The molecule has 0 bridgehead atoms. The molecule has 0 aromatic rings. The number of hydrogen-bond donors (Lipinski definition) is 1. The predicted molar refractivity (Wildman–Crippen MR) is 82.2 cm³/mol. The van der Waals surface area contributed by atoms with Gasteiger partial charge in [-0.05, 0) is 44.7 Å². The van der Waals surface area contributed by atoms with Gasteiger partial charge in [-0.1, -0.05) is 0 Å². The molecule has 0 aromatic heterocycles. The second-order valence-corrected chi connectivity index (χ2v) is 6.66. The number of rotatable bonds is 3. The summed E-state index contributed by atoms with van der Waals surface area (Å²) in [6, 6.07) is 0.681. The monoisotopic (exact) mass is 295 g/mol. The van der Waals surface area contributed by atoms with E-state index in [4.69, 9.17) is 4.74 Å². The van der Waals surface area contributed by atoms with E-state index in [0.717, 1.165) is 84.6 Å². The SMILES string of the molecule is O=C(CC1CCNCC1)N1CCN(C2CCOCC2)CC1. The third-order valence-electron chi connectivity index (χ3n) is 5.30. The van der Waals surface area contributed by atoms with E-state index in [1.54, 1.807) is 0 Å². The van der Waals surface area contributed by atoms with Crippen molar-refractivity contribution < 1.29 is 9.53 Å². The van der Waals surface area contributed by atoms with E-state index >= 15 is 0 Å². The maximum atomic E-state index is 12.4. The van der Waals surface area contributed by atoms with Crippen molar-refractivity contribution in [3.05, 3.63) is 0 Å². The molecule has 21 heavy (non-hydrogen) atoms. The van der Waals surface area contributed by atoms with Crippen molar-refractivity contribution in [2.45, 2.75) is 38.1 Å². The van der Waals surface area contributed by atoms with E-state index in [-0.39, 0.29) is 0 Å². The Labute approximate surface area is 128 Å². The maximum Gasteiger partial charge on any atom is 0.222 e. The topological polar surface area (TPSA) is 44.8 Å². The number of hydrogen-bond acceptors (Lipinski definition) is 4. The molecule has 3 fully saturated rings. The van der Waals surface area contributed by atoms with E-state index in [0.29, 0.717) is 17.9 Å². The molecule has 0 saturated carbocycles. The summed E-state index contributed by atoms with van der Waals surface area (Å²) in [6.45, 7) is 7.89. The number of carbonyl (C=O) groups excluding carboxylic acids is 1. The van der Waals surface area contributed by atoms with E-state index in [9.17, 15) is 4.79 Å². The van der Waals surface area contributed by atoms with Gasteiger partial charge in [-0.15, -0.1) is 0 Å². The number of piperazine rings is 1. The third kappa shape index (κ3) is 4.18. The van der Waals surface area contributed by atoms with Crippen LogP contribution in [0.3, 0.4) is 0 Å². The van der Waals surface area contributed by atoms with Gasteiger partial charge in [-0.3, -0.25) is 9.69 Å². The molecule has 0 radical (unpaired) electrons. The number of amides is 1. The van der Waals surface area contributed by atoms with E-state index in [1.165, 1.54) is 0 Å². The highest BCUT2D eigenvalue weighted by atomic mass is 16.5. The summed E-state index contributed by atoms with van der Waals surface area (Å²) < 4.78 is 5.44. The number of nitrogens with zero attached hydrogens (tertiary/aromatic N) is 2. The van der Waals surface area contributed by atoms with Crippen molar-refractivity contribution in [3.63, 3.8) is 0 Å². The summed E-state index contributed by atoms with van der Waals surface area (Å²) in [7, 11) is 0. The van der Waals surface area contributed by atoms with E-state index in [2.05, 4.69) is 15.1 Å². The lowest BCUT2D eigenvalue weighted by Gasteiger charge is -2.41. The first kappa shape index (κ1) is 15.3. The van der Waals surface area contributed by atoms with Gasteiger partial charge in [0, 0.05) is 51.9 Å².